The van der Waals surface area contributed by atoms with Crippen LogP contribution in [0.5, 0.6) is 0 Å². The molecule has 0 saturated carbocycles. The second-order valence-corrected chi connectivity index (χ2v) is 4.02. The van der Waals surface area contributed by atoms with Gasteiger partial charge in [0.1, 0.15) is 5.82 Å². The summed E-state index contributed by atoms with van der Waals surface area (Å²) in [6.45, 7) is 6.83. The van der Waals surface area contributed by atoms with Crippen molar-refractivity contribution in [1.29, 1.82) is 0 Å². The first-order valence-corrected chi connectivity index (χ1v) is 5.62. The van der Waals surface area contributed by atoms with Crippen molar-refractivity contribution in [2.24, 2.45) is 0 Å². The molecule has 0 N–H and O–H groups in total. The number of rotatable bonds is 4. The Hall–Kier alpha value is -0.830. The lowest BCUT2D eigenvalue weighted by Crippen LogP contribution is -2.34. The Morgan fingerprint density at radius 3 is 3.14 bits per heavy atom. The van der Waals surface area contributed by atoms with E-state index < -0.39 is 0 Å². The highest BCUT2D eigenvalue weighted by molar-refractivity contribution is 4.95. The van der Waals surface area contributed by atoms with Crippen LogP contribution in [0.15, 0.2) is 12.4 Å². The summed E-state index contributed by atoms with van der Waals surface area (Å²) in [6.07, 6.45) is 7.98. The molecule has 0 fully saturated rings. The van der Waals surface area contributed by atoms with Crippen molar-refractivity contribution in [2.75, 3.05) is 13.1 Å². The van der Waals surface area contributed by atoms with Crippen molar-refractivity contribution in [3.8, 4) is 0 Å². The van der Waals surface area contributed by atoms with Gasteiger partial charge in [0.15, 0.2) is 0 Å². The Morgan fingerprint density at radius 2 is 2.29 bits per heavy atom. The molecule has 2 heterocycles. The molecule has 2 rings (SSSR count). The normalized spacial score (nSPS) is 16.9. The van der Waals surface area contributed by atoms with E-state index in [1.807, 2.05) is 6.20 Å². The molecule has 1 aromatic heterocycles. The molecule has 0 atom stereocenters. The number of imidazole rings is 1. The minimum atomic E-state index is 1.04. The zero-order valence-corrected chi connectivity index (χ0v) is 8.95. The van der Waals surface area contributed by atoms with Gasteiger partial charge in [-0.15, -0.1) is 0 Å². The molecule has 1 aliphatic rings. The van der Waals surface area contributed by atoms with Crippen LogP contribution in [0.2, 0.25) is 0 Å². The van der Waals surface area contributed by atoms with Gasteiger partial charge in [-0.25, -0.2) is 4.98 Å². The van der Waals surface area contributed by atoms with Crippen LogP contribution >= 0.6 is 0 Å². The fourth-order valence-corrected chi connectivity index (χ4v) is 2.00. The summed E-state index contributed by atoms with van der Waals surface area (Å²) in [5.41, 5.74) is 0. The first-order chi connectivity index (χ1) is 6.90. The molecule has 14 heavy (non-hydrogen) atoms. The molecular formula is C11H19N3. The van der Waals surface area contributed by atoms with Gasteiger partial charge in [0.05, 0.1) is 6.54 Å². The quantitative estimate of drug-likeness (QED) is 0.681. The Bertz CT molecular complexity index is 280. The second kappa shape index (κ2) is 4.60. The molecule has 0 bridgehead atoms. The first kappa shape index (κ1) is 9.71. The lowest BCUT2D eigenvalue weighted by Gasteiger charge is -2.27. The van der Waals surface area contributed by atoms with Crippen LogP contribution in [0.1, 0.15) is 32.0 Å². The van der Waals surface area contributed by atoms with Crippen LogP contribution in [-0.2, 0) is 13.1 Å². The Labute approximate surface area is 85.7 Å². The Balaban J connectivity index is 1.82. The fraction of sp³-hybridized carbons (Fsp3) is 0.727. The minimum Gasteiger partial charge on any atom is -0.333 e. The first-order valence-electron chi connectivity index (χ1n) is 5.62. The van der Waals surface area contributed by atoms with Crippen LogP contribution in [-0.4, -0.2) is 27.5 Å². The van der Waals surface area contributed by atoms with Crippen molar-refractivity contribution in [3.63, 3.8) is 0 Å². The van der Waals surface area contributed by atoms with Crippen molar-refractivity contribution >= 4 is 0 Å². The third-order valence-electron chi connectivity index (χ3n) is 2.90. The average molecular weight is 193 g/mol. The monoisotopic (exact) mass is 193 g/mol. The van der Waals surface area contributed by atoms with Gasteiger partial charge in [-0.05, 0) is 13.0 Å². The van der Waals surface area contributed by atoms with E-state index in [9.17, 15) is 0 Å². The highest BCUT2D eigenvalue weighted by Gasteiger charge is 2.15. The molecule has 0 aliphatic carbocycles. The second-order valence-electron chi connectivity index (χ2n) is 4.02. The van der Waals surface area contributed by atoms with Gasteiger partial charge in [-0.2, -0.15) is 0 Å². The zero-order valence-electron chi connectivity index (χ0n) is 8.95. The van der Waals surface area contributed by atoms with Crippen LogP contribution in [0.4, 0.5) is 0 Å². The molecular weight excluding hydrogens is 174 g/mol. The predicted molar refractivity (Wildman–Crippen MR) is 57.0 cm³/mol. The molecule has 3 heteroatoms. The number of fused-ring (bicyclic) bond motifs is 1. The predicted octanol–water partition coefficient (Wildman–Crippen LogP) is 1.89. The minimum absolute atomic E-state index is 1.04. The van der Waals surface area contributed by atoms with E-state index in [0.717, 1.165) is 13.1 Å². The maximum atomic E-state index is 4.36. The van der Waals surface area contributed by atoms with Crippen molar-refractivity contribution in [3.05, 3.63) is 18.2 Å². The Morgan fingerprint density at radius 1 is 1.36 bits per heavy atom. The molecule has 0 unspecified atom stereocenters. The van der Waals surface area contributed by atoms with Gasteiger partial charge < -0.3 is 4.57 Å². The van der Waals surface area contributed by atoms with Gasteiger partial charge in [0.2, 0.25) is 0 Å². The number of nitrogens with zero attached hydrogens (tertiary/aromatic N) is 3. The molecule has 0 radical (unpaired) electrons. The zero-order chi connectivity index (χ0) is 9.80. The van der Waals surface area contributed by atoms with E-state index in [4.69, 9.17) is 0 Å². The van der Waals surface area contributed by atoms with Gasteiger partial charge in [-0.1, -0.05) is 19.8 Å². The smallest absolute Gasteiger partial charge is 0.122 e. The van der Waals surface area contributed by atoms with Gasteiger partial charge >= 0.3 is 0 Å². The summed E-state index contributed by atoms with van der Waals surface area (Å²) in [5.74, 6) is 1.23. The van der Waals surface area contributed by atoms with E-state index in [0.29, 0.717) is 0 Å². The molecule has 0 amide bonds. The third kappa shape index (κ3) is 2.15. The van der Waals surface area contributed by atoms with Crippen LogP contribution in [0, 0.1) is 0 Å². The van der Waals surface area contributed by atoms with Gasteiger partial charge in [-0.3, -0.25) is 4.90 Å². The summed E-state index contributed by atoms with van der Waals surface area (Å²) >= 11 is 0. The Kier molecular flexibility index (Phi) is 3.19. The topological polar surface area (TPSA) is 21.1 Å². The SMILES string of the molecule is CCCCCN1CCn2ccnc2C1. The van der Waals surface area contributed by atoms with Crippen LogP contribution in [0.25, 0.3) is 0 Å². The molecule has 78 valence electrons. The maximum Gasteiger partial charge on any atom is 0.122 e. The van der Waals surface area contributed by atoms with E-state index in [-0.39, 0.29) is 0 Å². The van der Waals surface area contributed by atoms with E-state index in [1.54, 1.807) is 0 Å². The fourth-order valence-electron chi connectivity index (χ4n) is 2.00. The average Bonchev–Trinajstić information content (AvgIpc) is 2.65. The van der Waals surface area contributed by atoms with Gasteiger partial charge in [0, 0.05) is 25.5 Å². The maximum absolute atomic E-state index is 4.36. The molecule has 0 aromatic carbocycles. The summed E-state index contributed by atoms with van der Waals surface area (Å²) in [7, 11) is 0. The van der Waals surface area contributed by atoms with Crippen molar-refractivity contribution in [2.45, 2.75) is 39.3 Å². The lowest BCUT2D eigenvalue weighted by atomic mass is 10.2. The van der Waals surface area contributed by atoms with Crippen LogP contribution in [0.3, 0.4) is 0 Å². The molecule has 3 nitrogen and oxygen atoms in total. The molecule has 1 aromatic rings. The number of hydrogen-bond acceptors (Lipinski definition) is 2. The third-order valence-corrected chi connectivity index (χ3v) is 2.90. The summed E-state index contributed by atoms with van der Waals surface area (Å²) in [6, 6.07) is 0. The van der Waals surface area contributed by atoms with E-state index >= 15 is 0 Å². The highest BCUT2D eigenvalue weighted by Crippen LogP contribution is 2.10. The van der Waals surface area contributed by atoms with E-state index in [2.05, 4.69) is 27.6 Å². The van der Waals surface area contributed by atoms with Crippen LogP contribution < -0.4 is 0 Å². The summed E-state index contributed by atoms with van der Waals surface area (Å²) in [5, 5.41) is 0. The molecule has 0 spiro atoms. The largest absolute Gasteiger partial charge is 0.333 e. The summed E-state index contributed by atoms with van der Waals surface area (Å²) in [4.78, 5) is 6.87. The number of aromatic nitrogens is 2. The highest BCUT2D eigenvalue weighted by atomic mass is 15.2. The summed E-state index contributed by atoms with van der Waals surface area (Å²) < 4.78 is 2.26. The van der Waals surface area contributed by atoms with Crippen molar-refractivity contribution < 1.29 is 0 Å². The molecule has 1 aliphatic heterocycles. The number of unbranched alkanes of at least 4 members (excludes halogenated alkanes) is 2. The van der Waals surface area contributed by atoms with Gasteiger partial charge in [0.25, 0.3) is 0 Å². The molecule has 0 saturated heterocycles. The number of hydrogen-bond donors (Lipinski definition) is 0. The van der Waals surface area contributed by atoms with E-state index in [1.165, 1.54) is 38.2 Å². The standard InChI is InChI=1S/C11H19N3/c1-2-3-4-6-13-8-9-14-7-5-12-11(14)10-13/h5,7H,2-4,6,8-10H2,1H3. The lowest BCUT2D eigenvalue weighted by molar-refractivity contribution is 0.213. The van der Waals surface area contributed by atoms with Crippen molar-refractivity contribution in [1.82, 2.24) is 14.5 Å².